The maximum Gasteiger partial charge on any atom is 0.435 e. The van der Waals surface area contributed by atoms with Gasteiger partial charge in [-0.3, -0.25) is 4.79 Å². The molecular weight excluding hydrogens is 408 g/mol. The summed E-state index contributed by atoms with van der Waals surface area (Å²) in [6, 6.07) is 9.13. The van der Waals surface area contributed by atoms with Crippen LogP contribution in [-0.4, -0.2) is 34.1 Å². The molecule has 2 aromatic carbocycles. The number of benzene rings is 2. The first-order valence-corrected chi connectivity index (χ1v) is 8.78. The van der Waals surface area contributed by atoms with Crippen LogP contribution in [0.25, 0.3) is 5.69 Å². The first kappa shape index (κ1) is 19.7. The Morgan fingerprint density at radius 1 is 1.07 bits per heavy atom. The Kier molecular flexibility index (Phi) is 5.02. The van der Waals surface area contributed by atoms with E-state index < -0.39 is 29.3 Å². The van der Waals surface area contributed by atoms with Crippen molar-refractivity contribution in [2.24, 2.45) is 0 Å². The number of carbonyl (C=O) groups is 1. The average Bonchev–Trinajstić information content (AvgIpc) is 3.18. The van der Waals surface area contributed by atoms with Gasteiger partial charge in [0.05, 0.1) is 5.69 Å². The second-order valence-electron chi connectivity index (χ2n) is 6.33. The maximum absolute atomic E-state index is 13.6. The number of fused-ring (bicyclic) bond motifs is 1. The zero-order valence-electron chi connectivity index (χ0n) is 15.2. The van der Waals surface area contributed by atoms with E-state index in [1.165, 1.54) is 0 Å². The van der Waals surface area contributed by atoms with Crippen LogP contribution in [0, 0.1) is 5.82 Å². The Morgan fingerprint density at radius 2 is 1.77 bits per heavy atom. The van der Waals surface area contributed by atoms with Gasteiger partial charge in [-0.15, -0.1) is 5.10 Å². The third-order valence-electron chi connectivity index (χ3n) is 4.28. The second-order valence-corrected chi connectivity index (χ2v) is 6.33. The van der Waals surface area contributed by atoms with Crippen LogP contribution in [0.1, 0.15) is 21.7 Å². The number of ether oxygens (including phenoxy) is 2. The van der Waals surface area contributed by atoms with Crippen molar-refractivity contribution in [1.29, 1.82) is 0 Å². The number of nitrogens with zero attached hydrogens (tertiary/aromatic N) is 3. The number of nitrogens with one attached hydrogen (secondary N) is 1. The van der Waals surface area contributed by atoms with Gasteiger partial charge >= 0.3 is 6.18 Å². The molecule has 0 spiro atoms. The lowest BCUT2D eigenvalue weighted by Crippen LogP contribution is -2.27. The van der Waals surface area contributed by atoms with Crippen molar-refractivity contribution in [3.63, 3.8) is 0 Å². The van der Waals surface area contributed by atoms with Crippen molar-refractivity contribution in [3.8, 4) is 17.2 Å². The van der Waals surface area contributed by atoms with Gasteiger partial charge in [-0.1, -0.05) is 11.3 Å². The molecule has 0 saturated carbocycles. The normalized spacial score (nSPS) is 13.2. The highest BCUT2D eigenvalue weighted by Crippen LogP contribution is 2.33. The molecule has 1 aliphatic heterocycles. The molecule has 3 aromatic rings. The SMILES string of the molecule is O=C(NCc1ccc2c(c1)OCCO2)c1nnn(-c2ccc(F)cc2)c1C(F)(F)F. The third kappa shape index (κ3) is 3.91. The van der Waals surface area contributed by atoms with E-state index in [2.05, 4.69) is 15.6 Å². The Morgan fingerprint density at radius 3 is 2.47 bits per heavy atom. The molecule has 0 unspecified atom stereocenters. The second kappa shape index (κ2) is 7.65. The molecule has 156 valence electrons. The predicted molar refractivity (Wildman–Crippen MR) is 94.9 cm³/mol. The molecule has 1 N–H and O–H groups in total. The fourth-order valence-corrected chi connectivity index (χ4v) is 2.92. The van der Waals surface area contributed by atoms with Crippen molar-refractivity contribution in [2.75, 3.05) is 13.2 Å². The molecular formula is C19H14F4N4O3. The maximum atomic E-state index is 13.6. The molecule has 1 aliphatic rings. The smallest absolute Gasteiger partial charge is 0.435 e. The van der Waals surface area contributed by atoms with E-state index in [1.54, 1.807) is 18.2 Å². The van der Waals surface area contributed by atoms with Gasteiger partial charge in [0, 0.05) is 6.54 Å². The highest BCUT2D eigenvalue weighted by atomic mass is 19.4. The summed E-state index contributed by atoms with van der Waals surface area (Å²) in [6.07, 6.45) is -4.92. The molecule has 4 rings (SSSR count). The molecule has 7 nitrogen and oxygen atoms in total. The summed E-state index contributed by atoms with van der Waals surface area (Å²) in [6.45, 7) is 0.743. The van der Waals surface area contributed by atoms with Crippen LogP contribution in [0.3, 0.4) is 0 Å². The first-order valence-electron chi connectivity index (χ1n) is 8.78. The molecule has 1 amide bonds. The molecule has 0 bridgehead atoms. The van der Waals surface area contributed by atoms with Crippen molar-refractivity contribution >= 4 is 5.91 Å². The number of halogens is 4. The van der Waals surface area contributed by atoms with Crippen LogP contribution in [0.5, 0.6) is 11.5 Å². The molecule has 0 aliphatic carbocycles. The number of alkyl halides is 3. The minimum absolute atomic E-state index is 0.0593. The van der Waals surface area contributed by atoms with Gasteiger partial charge in [0.1, 0.15) is 19.0 Å². The molecule has 0 saturated heterocycles. The van der Waals surface area contributed by atoms with Gasteiger partial charge in [0.2, 0.25) is 0 Å². The van der Waals surface area contributed by atoms with Crippen LogP contribution in [-0.2, 0) is 12.7 Å². The van der Waals surface area contributed by atoms with Crippen molar-refractivity contribution in [1.82, 2.24) is 20.3 Å². The largest absolute Gasteiger partial charge is 0.486 e. The van der Waals surface area contributed by atoms with Crippen molar-refractivity contribution in [2.45, 2.75) is 12.7 Å². The number of rotatable bonds is 4. The first-order chi connectivity index (χ1) is 14.3. The lowest BCUT2D eigenvalue weighted by atomic mass is 10.2. The average molecular weight is 422 g/mol. The summed E-state index contributed by atoms with van der Waals surface area (Å²) in [5, 5.41) is 9.25. The molecule has 1 aromatic heterocycles. The zero-order valence-corrected chi connectivity index (χ0v) is 15.2. The molecule has 0 atom stereocenters. The predicted octanol–water partition coefficient (Wildman–Crippen LogP) is 3.13. The summed E-state index contributed by atoms with van der Waals surface area (Å²) in [7, 11) is 0. The lowest BCUT2D eigenvalue weighted by Gasteiger charge is -2.19. The minimum Gasteiger partial charge on any atom is -0.486 e. The van der Waals surface area contributed by atoms with Crippen LogP contribution in [0.15, 0.2) is 42.5 Å². The van der Waals surface area contributed by atoms with Crippen LogP contribution < -0.4 is 14.8 Å². The van der Waals surface area contributed by atoms with E-state index in [0.717, 1.165) is 24.3 Å². The standard InChI is InChI=1S/C19H14F4N4O3/c20-12-2-4-13(5-3-12)27-17(19(21,22)23)16(25-26-27)18(28)24-10-11-1-6-14-15(9-11)30-8-7-29-14/h1-6,9H,7-8,10H2,(H,24,28). The van der Waals surface area contributed by atoms with E-state index in [1.807, 2.05) is 0 Å². The Bertz CT molecular complexity index is 1080. The van der Waals surface area contributed by atoms with Crippen LogP contribution in [0.4, 0.5) is 17.6 Å². The quantitative estimate of drug-likeness (QED) is 0.654. The van der Waals surface area contributed by atoms with E-state index in [9.17, 15) is 22.4 Å². The minimum atomic E-state index is -4.92. The number of hydrogen-bond acceptors (Lipinski definition) is 5. The van der Waals surface area contributed by atoms with Gasteiger partial charge in [-0.2, -0.15) is 13.2 Å². The Labute approximate surface area is 167 Å². The lowest BCUT2D eigenvalue weighted by molar-refractivity contribution is -0.143. The number of hydrogen-bond donors (Lipinski definition) is 1. The fourth-order valence-electron chi connectivity index (χ4n) is 2.92. The van der Waals surface area contributed by atoms with Gasteiger partial charge in [-0.05, 0) is 42.0 Å². The van der Waals surface area contributed by atoms with Gasteiger partial charge < -0.3 is 14.8 Å². The summed E-state index contributed by atoms with van der Waals surface area (Å²) >= 11 is 0. The fraction of sp³-hybridized carbons (Fsp3) is 0.211. The van der Waals surface area contributed by atoms with E-state index in [4.69, 9.17) is 9.47 Å². The number of amides is 1. The van der Waals surface area contributed by atoms with Gasteiger partial charge in [-0.25, -0.2) is 9.07 Å². The van der Waals surface area contributed by atoms with Crippen molar-refractivity contribution in [3.05, 3.63) is 65.2 Å². The summed E-state index contributed by atoms with van der Waals surface area (Å²) in [5.41, 5.74) is -1.72. The van der Waals surface area contributed by atoms with Gasteiger partial charge in [0.15, 0.2) is 22.9 Å². The summed E-state index contributed by atoms with van der Waals surface area (Å²) in [4.78, 5) is 12.4. The van der Waals surface area contributed by atoms with Crippen LogP contribution >= 0.6 is 0 Å². The summed E-state index contributed by atoms with van der Waals surface area (Å²) in [5.74, 6) is -0.625. The molecule has 0 fully saturated rings. The molecule has 11 heteroatoms. The Hall–Kier alpha value is -3.63. The highest BCUT2D eigenvalue weighted by Gasteiger charge is 2.42. The number of aromatic nitrogens is 3. The van der Waals surface area contributed by atoms with Crippen molar-refractivity contribution < 1.29 is 31.8 Å². The van der Waals surface area contributed by atoms with E-state index >= 15 is 0 Å². The zero-order chi connectivity index (χ0) is 21.3. The van der Waals surface area contributed by atoms with E-state index in [0.29, 0.717) is 35.0 Å². The van der Waals surface area contributed by atoms with Gasteiger partial charge in [0.25, 0.3) is 5.91 Å². The third-order valence-corrected chi connectivity index (χ3v) is 4.28. The molecule has 2 heterocycles. The topological polar surface area (TPSA) is 78.3 Å². The summed E-state index contributed by atoms with van der Waals surface area (Å²) < 4.78 is 65.3. The number of carbonyl (C=O) groups excluding carboxylic acids is 1. The van der Waals surface area contributed by atoms with Crippen LogP contribution in [0.2, 0.25) is 0 Å². The van der Waals surface area contributed by atoms with E-state index in [-0.39, 0.29) is 12.2 Å². The highest BCUT2D eigenvalue weighted by molar-refractivity contribution is 5.93. The Balaban J connectivity index is 1.57. The monoisotopic (exact) mass is 422 g/mol. The molecule has 30 heavy (non-hydrogen) atoms. The molecule has 0 radical (unpaired) electrons.